The molecule has 0 radical (unpaired) electrons. The van der Waals surface area contributed by atoms with Crippen LogP contribution in [0.1, 0.15) is 25.7 Å². The molecule has 0 aliphatic carbocycles. The molecule has 38 heavy (non-hydrogen) atoms. The number of hydrogen-bond acceptors (Lipinski definition) is 2. The van der Waals surface area contributed by atoms with Gasteiger partial charge in [0.2, 0.25) is 12.7 Å². The zero-order valence-corrected chi connectivity index (χ0v) is 21.4. The molecule has 0 saturated heterocycles. The van der Waals surface area contributed by atoms with Crippen molar-refractivity contribution in [3.63, 3.8) is 0 Å². The molecule has 0 aromatic carbocycles. The van der Waals surface area contributed by atoms with Crippen LogP contribution in [0.2, 0.25) is 0 Å². The molecule has 0 aliphatic heterocycles. The molecule has 2 rings (SSSR count). The van der Waals surface area contributed by atoms with E-state index in [0.29, 0.717) is 12.8 Å². The van der Waals surface area contributed by atoms with Crippen LogP contribution < -0.4 is 9.13 Å². The molecule has 0 atom stereocenters. The second kappa shape index (κ2) is 11.6. The summed E-state index contributed by atoms with van der Waals surface area (Å²) in [4.78, 5) is 20.4. The summed E-state index contributed by atoms with van der Waals surface area (Å²) in [5.41, 5.74) is 0. The van der Waals surface area contributed by atoms with Gasteiger partial charge in [-0.3, -0.25) is 9.59 Å². The Morgan fingerprint density at radius 2 is 0.868 bits per heavy atom. The van der Waals surface area contributed by atoms with Gasteiger partial charge in [0.15, 0.2) is 0 Å². The van der Waals surface area contributed by atoms with E-state index in [0.717, 1.165) is 13.1 Å². The van der Waals surface area contributed by atoms with Crippen LogP contribution in [0.3, 0.4) is 0 Å². The molecular weight excluding hydrogens is 602 g/mol. The number of carboxylic acid groups (broad SMARTS) is 2. The van der Waals surface area contributed by atoms with E-state index in [-0.39, 0.29) is 12.8 Å². The van der Waals surface area contributed by atoms with E-state index in [1.807, 2.05) is 69.8 Å². The first-order chi connectivity index (χ1) is 16.3. The summed E-state index contributed by atoms with van der Waals surface area (Å²) in [6, 6.07) is 0. The summed E-state index contributed by atoms with van der Waals surface area (Å²) in [6.07, 6.45) is 13.4. The third kappa shape index (κ3) is 46.7. The Morgan fingerprint density at radius 1 is 0.632 bits per heavy atom. The number of hydrogen-bond donors (Lipinski definition) is 2. The summed E-state index contributed by atoms with van der Waals surface area (Å²) >= 11 is 0. The van der Waals surface area contributed by atoms with Gasteiger partial charge < -0.3 is 10.2 Å². The average Bonchev–Trinajstić information content (AvgIpc) is 3.17. The van der Waals surface area contributed by atoms with Gasteiger partial charge in [-0.15, -0.1) is 0 Å². The van der Waals surface area contributed by atoms with Gasteiger partial charge in [0.05, 0.1) is 27.2 Å². The standard InChI is InChI=1S/2C8H12N2O2.2F6P/c2*1-9-5-6-10(7-9)4-2-3-8(11)12;2*1-7(2,3,4,5)6/h2*5-7H,2-4H2,1H3;;/q;;2*-1/p+2. The van der Waals surface area contributed by atoms with Gasteiger partial charge in [0.25, 0.3) is 0 Å². The summed E-state index contributed by atoms with van der Waals surface area (Å²) in [5.74, 6) is -1.46. The Morgan fingerprint density at radius 3 is 1.03 bits per heavy atom. The third-order valence-corrected chi connectivity index (χ3v) is 3.26. The van der Waals surface area contributed by atoms with E-state index < -0.39 is 27.6 Å². The van der Waals surface area contributed by atoms with Crippen LogP contribution in [0.4, 0.5) is 50.4 Å². The quantitative estimate of drug-likeness (QED) is 0.185. The minimum atomic E-state index is -10.7. The first-order valence-electron chi connectivity index (χ1n) is 9.85. The topological polar surface area (TPSA) is 92.2 Å². The Labute approximate surface area is 207 Å². The molecule has 228 valence electrons. The monoisotopic (exact) mass is 628 g/mol. The Balaban J connectivity index is 0. The fourth-order valence-electron chi connectivity index (χ4n) is 2.09. The van der Waals surface area contributed by atoms with Crippen molar-refractivity contribution in [2.24, 2.45) is 14.1 Å². The van der Waals surface area contributed by atoms with E-state index in [2.05, 4.69) is 0 Å². The molecule has 2 aromatic rings. The summed E-state index contributed by atoms with van der Waals surface area (Å²) < 4.78 is 126. The molecule has 8 nitrogen and oxygen atoms in total. The molecule has 0 unspecified atom stereocenters. The minimum absolute atomic E-state index is 0.238. The molecule has 0 amide bonds. The molecule has 22 heteroatoms. The van der Waals surface area contributed by atoms with Gasteiger partial charge in [-0.1, -0.05) is 0 Å². The van der Waals surface area contributed by atoms with Crippen LogP contribution in [0, 0.1) is 0 Å². The third-order valence-electron chi connectivity index (χ3n) is 3.26. The zero-order chi connectivity index (χ0) is 30.8. The average molecular weight is 628 g/mol. The number of imidazole rings is 2. The van der Waals surface area contributed by atoms with E-state index >= 15 is 0 Å². The van der Waals surface area contributed by atoms with E-state index in [1.165, 1.54) is 0 Å². The van der Waals surface area contributed by atoms with Gasteiger partial charge in [0.1, 0.15) is 24.8 Å². The molecule has 2 N–H and O–H groups in total. The fraction of sp³-hybridized carbons (Fsp3) is 0.500. The second-order valence-corrected chi connectivity index (χ2v) is 11.4. The molecule has 0 aliphatic rings. The van der Waals surface area contributed by atoms with Crippen molar-refractivity contribution in [3.8, 4) is 0 Å². The first-order valence-corrected chi connectivity index (χ1v) is 13.9. The summed E-state index contributed by atoms with van der Waals surface area (Å²) in [5, 5.41) is 16.8. The molecule has 0 spiro atoms. The van der Waals surface area contributed by atoms with Gasteiger partial charge in [-0.05, 0) is 12.8 Å². The number of carbonyl (C=O) groups is 2. The normalized spacial score (nSPS) is 14.9. The predicted octanol–water partition coefficient (Wildman–Crippen LogP) is 7.12. The van der Waals surface area contributed by atoms with Crippen LogP contribution in [-0.2, 0) is 36.8 Å². The number of rotatable bonds is 8. The van der Waals surface area contributed by atoms with Gasteiger partial charge in [0, 0.05) is 12.8 Å². The van der Waals surface area contributed by atoms with Crippen molar-refractivity contribution >= 4 is 27.6 Å². The Bertz CT molecular complexity index is 944. The molecular formula is C16H26F12N4O4P2. The molecule has 2 aromatic heterocycles. The van der Waals surface area contributed by atoms with Gasteiger partial charge >= 0.3 is 77.9 Å². The van der Waals surface area contributed by atoms with E-state index in [4.69, 9.17) is 10.2 Å². The van der Waals surface area contributed by atoms with Crippen LogP contribution in [-0.4, -0.2) is 31.3 Å². The van der Waals surface area contributed by atoms with Crippen LogP contribution >= 0.6 is 15.6 Å². The number of aryl methyl sites for hydroxylation is 4. The number of aliphatic carboxylic acids is 2. The SMILES string of the molecule is C[n+]1ccn(CCCC(=O)O)c1.C[n+]1ccn(CCCC(=O)O)c1.F[P-](F)(F)(F)(F)F.F[P-](F)(F)(F)(F)F. The van der Waals surface area contributed by atoms with Gasteiger partial charge in [-0.25, -0.2) is 18.3 Å². The van der Waals surface area contributed by atoms with Crippen molar-refractivity contribution < 1.29 is 79.3 Å². The Hall–Kier alpha value is -2.62. The van der Waals surface area contributed by atoms with E-state index in [1.54, 1.807) is 0 Å². The number of aromatic nitrogens is 4. The second-order valence-electron chi connectivity index (χ2n) is 7.55. The molecule has 0 fully saturated rings. The predicted molar refractivity (Wildman–Crippen MR) is 112 cm³/mol. The summed E-state index contributed by atoms with van der Waals surface area (Å²) in [7, 11) is -17.4. The molecule has 0 saturated carbocycles. The van der Waals surface area contributed by atoms with Gasteiger partial charge in [-0.2, -0.15) is 0 Å². The first kappa shape index (κ1) is 37.5. The Kier molecular flexibility index (Phi) is 11.5. The fourth-order valence-corrected chi connectivity index (χ4v) is 2.09. The maximum absolute atomic E-state index is 10.7. The number of halogens is 12. The van der Waals surface area contributed by atoms with Crippen molar-refractivity contribution in [1.29, 1.82) is 0 Å². The van der Waals surface area contributed by atoms with Crippen LogP contribution in [0.5, 0.6) is 0 Å². The number of nitrogens with zero attached hydrogens (tertiary/aromatic N) is 4. The van der Waals surface area contributed by atoms with Crippen LogP contribution in [0.15, 0.2) is 37.4 Å². The maximum atomic E-state index is 10.2. The van der Waals surface area contributed by atoms with Crippen molar-refractivity contribution in [2.75, 3.05) is 0 Å². The van der Waals surface area contributed by atoms with Crippen LogP contribution in [0.25, 0.3) is 0 Å². The van der Waals surface area contributed by atoms with Crippen molar-refractivity contribution in [3.05, 3.63) is 37.4 Å². The zero-order valence-electron chi connectivity index (χ0n) is 19.6. The van der Waals surface area contributed by atoms with E-state index in [9.17, 15) is 60.0 Å². The summed E-state index contributed by atoms with van der Waals surface area (Å²) in [6.45, 7) is 1.54. The van der Waals surface area contributed by atoms with Crippen molar-refractivity contribution in [2.45, 2.75) is 38.8 Å². The van der Waals surface area contributed by atoms with Crippen molar-refractivity contribution in [1.82, 2.24) is 9.13 Å². The number of carboxylic acids is 2. The molecule has 0 bridgehead atoms. The molecule has 2 heterocycles.